The van der Waals surface area contributed by atoms with Crippen molar-refractivity contribution in [3.8, 4) is 5.75 Å². The maximum atomic E-state index is 6.12. The first-order valence-electron chi connectivity index (χ1n) is 5.78. The highest BCUT2D eigenvalue weighted by atomic mass is 16.5. The van der Waals surface area contributed by atoms with E-state index < -0.39 is 0 Å². The van der Waals surface area contributed by atoms with Crippen LogP contribution in [0, 0.1) is 6.92 Å². The Hall–Kier alpha value is -1.77. The summed E-state index contributed by atoms with van der Waals surface area (Å²) < 4.78 is 5.35. The zero-order chi connectivity index (χ0) is 12.6. The van der Waals surface area contributed by atoms with Gasteiger partial charge in [0.1, 0.15) is 11.3 Å². The zero-order valence-corrected chi connectivity index (χ0v) is 10.7. The molecule has 0 aliphatic heterocycles. The molecule has 2 N–H and O–H groups in total. The number of nitrogen functional groups attached to an aromatic ring is 1. The van der Waals surface area contributed by atoms with Crippen molar-refractivity contribution in [1.82, 2.24) is 4.98 Å². The number of hydrogen-bond donors (Lipinski definition) is 1. The standard InChI is InChI=1S/C14H18N2O/c1-8(2)11-7-10(15)13-9(3)5-6-12(17-4)14(13)16-11/h5-8H,1-4H3,(H2,15,16). The molecule has 0 fully saturated rings. The Morgan fingerprint density at radius 2 is 2.00 bits per heavy atom. The number of methoxy groups -OCH3 is 1. The quantitative estimate of drug-likeness (QED) is 0.861. The molecule has 17 heavy (non-hydrogen) atoms. The van der Waals surface area contributed by atoms with Gasteiger partial charge in [0.15, 0.2) is 0 Å². The molecule has 3 nitrogen and oxygen atoms in total. The predicted octanol–water partition coefficient (Wildman–Crippen LogP) is 3.26. The average molecular weight is 230 g/mol. The van der Waals surface area contributed by atoms with Gasteiger partial charge < -0.3 is 10.5 Å². The minimum absolute atomic E-state index is 0.354. The molecule has 0 saturated heterocycles. The molecule has 0 bridgehead atoms. The molecule has 3 heteroatoms. The third-order valence-corrected chi connectivity index (χ3v) is 2.99. The van der Waals surface area contributed by atoms with Crippen molar-refractivity contribution in [1.29, 1.82) is 0 Å². The Bertz CT molecular complexity index is 562. The van der Waals surface area contributed by atoms with Crippen LogP contribution in [0.5, 0.6) is 5.75 Å². The van der Waals surface area contributed by atoms with Gasteiger partial charge in [-0.1, -0.05) is 19.9 Å². The fourth-order valence-corrected chi connectivity index (χ4v) is 2.00. The van der Waals surface area contributed by atoms with Gasteiger partial charge in [0.25, 0.3) is 0 Å². The number of nitrogens with two attached hydrogens (primary N) is 1. The molecule has 90 valence electrons. The molecule has 0 aliphatic rings. The Labute approximate surface area is 102 Å². The number of benzene rings is 1. The number of pyridine rings is 1. The molecule has 0 amide bonds. The molecule has 0 aliphatic carbocycles. The van der Waals surface area contributed by atoms with E-state index in [1.54, 1.807) is 7.11 Å². The van der Waals surface area contributed by atoms with Gasteiger partial charge in [-0.3, -0.25) is 0 Å². The lowest BCUT2D eigenvalue weighted by molar-refractivity contribution is 0.418. The summed E-state index contributed by atoms with van der Waals surface area (Å²) in [5.41, 5.74) is 9.88. The lowest BCUT2D eigenvalue weighted by atomic mass is 10.0. The molecular formula is C14H18N2O. The summed E-state index contributed by atoms with van der Waals surface area (Å²) in [4.78, 5) is 4.66. The van der Waals surface area contributed by atoms with Gasteiger partial charge >= 0.3 is 0 Å². The normalized spacial score (nSPS) is 11.1. The molecule has 0 atom stereocenters. The summed E-state index contributed by atoms with van der Waals surface area (Å²) in [5.74, 6) is 1.13. The van der Waals surface area contributed by atoms with E-state index in [1.807, 2.05) is 25.1 Å². The minimum atomic E-state index is 0.354. The summed E-state index contributed by atoms with van der Waals surface area (Å²) in [6.07, 6.45) is 0. The topological polar surface area (TPSA) is 48.1 Å². The fraction of sp³-hybridized carbons (Fsp3) is 0.357. The number of fused-ring (bicyclic) bond motifs is 1. The predicted molar refractivity (Wildman–Crippen MR) is 71.5 cm³/mol. The van der Waals surface area contributed by atoms with Crippen LogP contribution < -0.4 is 10.5 Å². The van der Waals surface area contributed by atoms with Gasteiger partial charge in [0.2, 0.25) is 0 Å². The van der Waals surface area contributed by atoms with Gasteiger partial charge in [-0.15, -0.1) is 0 Å². The van der Waals surface area contributed by atoms with E-state index >= 15 is 0 Å². The molecule has 1 aromatic carbocycles. The van der Waals surface area contributed by atoms with Gasteiger partial charge in [0, 0.05) is 16.8 Å². The number of aryl methyl sites for hydroxylation is 1. The molecule has 2 rings (SSSR count). The van der Waals surface area contributed by atoms with Crippen LogP contribution in [-0.4, -0.2) is 12.1 Å². The Kier molecular flexibility index (Phi) is 2.92. The number of ether oxygens (including phenoxy) is 1. The van der Waals surface area contributed by atoms with Crippen LogP contribution in [0.4, 0.5) is 5.69 Å². The third kappa shape index (κ3) is 1.93. The van der Waals surface area contributed by atoms with E-state index in [0.29, 0.717) is 5.92 Å². The summed E-state index contributed by atoms with van der Waals surface area (Å²) >= 11 is 0. The summed E-state index contributed by atoms with van der Waals surface area (Å²) in [6, 6.07) is 5.90. The molecule has 0 spiro atoms. The van der Waals surface area contributed by atoms with Gasteiger partial charge in [0.05, 0.1) is 7.11 Å². The van der Waals surface area contributed by atoms with Gasteiger partial charge in [-0.05, 0) is 30.5 Å². The molecule has 1 heterocycles. The molecule has 2 aromatic rings. The number of anilines is 1. The van der Waals surface area contributed by atoms with Crippen molar-refractivity contribution in [2.75, 3.05) is 12.8 Å². The fourth-order valence-electron chi connectivity index (χ4n) is 2.00. The van der Waals surface area contributed by atoms with Crippen LogP contribution in [0.3, 0.4) is 0 Å². The third-order valence-electron chi connectivity index (χ3n) is 2.99. The highest BCUT2D eigenvalue weighted by Crippen LogP contribution is 2.32. The largest absolute Gasteiger partial charge is 0.494 e. The van der Waals surface area contributed by atoms with Crippen molar-refractivity contribution >= 4 is 16.6 Å². The van der Waals surface area contributed by atoms with E-state index in [4.69, 9.17) is 10.5 Å². The molecule has 0 unspecified atom stereocenters. The number of nitrogens with zero attached hydrogens (tertiary/aromatic N) is 1. The highest BCUT2D eigenvalue weighted by Gasteiger charge is 2.12. The second-order valence-corrected chi connectivity index (χ2v) is 4.60. The Morgan fingerprint density at radius 3 is 2.59 bits per heavy atom. The maximum Gasteiger partial charge on any atom is 0.145 e. The first kappa shape index (κ1) is 11.7. The number of rotatable bonds is 2. The van der Waals surface area contributed by atoms with Crippen LogP contribution in [0.2, 0.25) is 0 Å². The summed E-state index contributed by atoms with van der Waals surface area (Å²) in [6.45, 7) is 6.25. The SMILES string of the molecule is COc1ccc(C)c2c(N)cc(C(C)C)nc12. The van der Waals surface area contributed by atoms with E-state index in [9.17, 15) is 0 Å². The van der Waals surface area contributed by atoms with Crippen LogP contribution in [-0.2, 0) is 0 Å². The lowest BCUT2D eigenvalue weighted by Gasteiger charge is -2.13. The average Bonchev–Trinajstić information content (AvgIpc) is 2.28. The summed E-state index contributed by atoms with van der Waals surface area (Å²) in [7, 11) is 1.66. The second-order valence-electron chi connectivity index (χ2n) is 4.60. The molecule has 0 saturated carbocycles. The van der Waals surface area contributed by atoms with Crippen molar-refractivity contribution in [3.05, 3.63) is 29.5 Å². The Balaban J connectivity index is 2.85. The first-order chi connectivity index (χ1) is 8.04. The van der Waals surface area contributed by atoms with Crippen molar-refractivity contribution in [2.24, 2.45) is 0 Å². The highest BCUT2D eigenvalue weighted by molar-refractivity contribution is 5.96. The van der Waals surface area contributed by atoms with Crippen LogP contribution >= 0.6 is 0 Å². The van der Waals surface area contributed by atoms with Crippen LogP contribution in [0.1, 0.15) is 31.0 Å². The van der Waals surface area contributed by atoms with E-state index in [1.165, 1.54) is 0 Å². The van der Waals surface area contributed by atoms with Gasteiger partial charge in [-0.25, -0.2) is 4.98 Å². The van der Waals surface area contributed by atoms with E-state index in [-0.39, 0.29) is 0 Å². The number of aromatic nitrogens is 1. The monoisotopic (exact) mass is 230 g/mol. The van der Waals surface area contributed by atoms with Crippen LogP contribution in [0.15, 0.2) is 18.2 Å². The van der Waals surface area contributed by atoms with Crippen LogP contribution in [0.25, 0.3) is 10.9 Å². The van der Waals surface area contributed by atoms with Gasteiger partial charge in [-0.2, -0.15) is 0 Å². The Morgan fingerprint density at radius 1 is 1.29 bits per heavy atom. The minimum Gasteiger partial charge on any atom is -0.494 e. The number of hydrogen-bond acceptors (Lipinski definition) is 3. The molecule has 1 aromatic heterocycles. The van der Waals surface area contributed by atoms with Crippen molar-refractivity contribution < 1.29 is 4.74 Å². The summed E-state index contributed by atoms with van der Waals surface area (Å²) in [5, 5.41) is 0.994. The van der Waals surface area contributed by atoms with Crippen molar-refractivity contribution in [2.45, 2.75) is 26.7 Å². The molecule has 0 radical (unpaired) electrons. The van der Waals surface area contributed by atoms with E-state index in [2.05, 4.69) is 18.8 Å². The second kappa shape index (κ2) is 4.24. The smallest absolute Gasteiger partial charge is 0.145 e. The van der Waals surface area contributed by atoms with E-state index in [0.717, 1.165) is 33.6 Å². The zero-order valence-electron chi connectivity index (χ0n) is 10.7. The maximum absolute atomic E-state index is 6.12. The van der Waals surface area contributed by atoms with Crippen molar-refractivity contribution in [3.63, 3.8) is 0 Å². The first-order valence-corrected chi connectivity index (χ1v) is 5.78. The molecular weight excluding hydrogens is 212 g/mol. The lowest BCUT2D eigenvalue weighted by Crippen LogP contribution is -2.00.